The lowest BCUT2D eigenvalue weighted by molar-refractivity contribution is 0.00578. The molecule has 0 saturated carbocycles. The van der Waals surface area contributed by atoms with E-state index in [2.05, 4.69) is 5.10 Å². The molecule has 2 saturated heterocycles. The third-order valence-corrected chi connectivity index (χ3v) is 5.61. The van der Waals surface area contributed by atoms with Gasteiger partial charge in [-0.05, 0) is 54.9 Å². The number of rotatable bonds is 3. The summed E-state index contributed by atoms with van der Waals surface area (Å²) in [6.07, 6.45) is 2.41. The van der Waals surface area contributed by atoms with Crippen LogP contribution in [0.5, 0.6) is 5.88 Å². The Kier molecular flexibility index (Phi) is 5.21. The van der Waals surface area contributed by atoms with E-state index in [9.17, 15) is 4.79 Å². The number of nitrogens with zero attached hydrogens (tertiary/aromatic N) is 3. The zero-order valence-electron chi connectivity index (χ0n) is 18.2. The minimum atomic E-state index is -0.544. The Morgan fingerprint density at radius 1 is 1.25 bits per heavy atom. The first kappa shape index (κ1) is 21.0. The monoisotopic (exact) mass is 393 g/mol. The van der Waals surface area contributed by atoms with E-state index in [4.69, 9.17) is 18.8 Å². The van der Waals surface area contributed by atoms with Crippen LogP contribution in [0, 0.1) is 0 Å². The van der Waals surface area contributed by atoms with Crippen molar-refractivity contribution in [1.29, 1.82) is 0 Å². The van der Waals surface area contributed by atoms with Crippen LogP contribution in [0.1, 0.15) is 60.9 Å². The molecule has 1 aromatic heterocycles. The topological polar surface area (TPSA) is 75.1 Å². The Bertz CT molecular complexity index is 724. The normalized spacial score (nSPS) is 23.9. The van der Waals surface area contributed by atoms with Crippen LogP contribution in [0.15, 0.2) is 6.20 Å². The van der Waals surface area contributed by atoms with Crippen LogP contribution in [0.4, 0.5) is 4.79 Å². The predicted octanol–water partition coefficient (Wildman–Crippen LogP) is 2.37. The number of carbonyl (C=O) groups excluding carboxylic acids is 1. The fourth-order valence-corrected chi connectivity index (χ4v) is 3.32. The number of hydrogen-bond donors (Lipinski definition) is 0. The van der Waals surface area contributed by atoms with Crippen molar-refractivity contribution >= 4 is 18.7 Å². The zero-order valence-corrected chi connectivity index (χ0v) is 18.2. The molecule has 1 atom stereocenters. The molecule has 2 fully saturated rings. The Labute approximate surface area is 167 Å². The van der Waals surface area contributed by atoms with Crippen molar-refractivity contribution in [3.05, 3.63) is 6.20 Å². The number of hydrogen-bond acceptors (Lipinski definition) is 6. The molecular formula is C19H32BN3O5. The van der Waals surface area contributed by atoms with Crippen LogP contribution >= 0.6 is 0 Å². The lowest BCUT2D eigenvalue weighted by Gasteiger charge is -2.32. The maximum Gasteiger partial charge on any atom is 0.502 e. The Morgan fingerprint density at radius 3 is 2.39 bits per heavy atom. The quantitative estimate of drug-likeness (QED) is 0.734. The van der Waals surface area contributed by atoms with Gasteiger partial charge in [0.2, 0.25) is 5.88 Å². The summed E-state index contributed by atoms with van der Waals surface area (Å²) < 4.78 is 25.1. The Morgan fingerprint density at radius 2 is 1.86 bits per heavy atom. The van der Waals surface area contributed by atoms with Gasteiger partial charge in [0.25, 0.3) is 0 Å². The van der Waals surface area contributed by atoms with E-state index in [0.29, 0.717) is 19.0 Å². The molecule has 8 nitrogen and oxygen atoms in total. The molecule has 28 heavy (non-hydrogen) atoms. The first-order chi connectivity index (χ1) is 12.8. The molecule has 1 aromatic rings. The van der Waals surface area contributed by atoms with Gasteiger partial charge in [-0.3, -0.25) is 4.68 Å². The van der Waals surface area contributed by atoms with Crippen LogP contribution in [-0.4, -0.2) is 64.9 Å². The van der Waals surface area contributed by atoms with Crippen molar-refractivity contribution < 1.29 is 23.6 Å². The van der Waals surface area contributed by atoms with Gasteiger partial charge in [0, 0.05) is 19.3 Å². The van der Waals surface area contributed by atoms with Gasteiger partial charge in [0.15, 0.2) is 0 Å². The van der Waals surface area contributed by atoms with Gasteiger partial charge in [-0.1, -0.05) is 0 Å². The largest absolute Gasteiger partial charge is 0.502 e. The van der Waals surface area contributed by atoms with Gasteiger partial charge in [-0.2, -0.15) is 0 Å². The molecule has 156 valence electrons. The summed E-state index contributed by atoms with van der Waals surface area (Å²) in [5.41, 5.74) is -0.623. The number of carbonyl (C=O) groups is 1. The average Bonchev–Trinajstić information content (AvgIpc) is 3.22. The smallest absolute Gasteiger partial charge is 0.480 e. The second-order valence-corrected chi connectivity index (χ2v) is 9.53. The fourth-order valence-electron chi connectivity index (χ4n) is 3.32. The van der Waals surface area contributed by atoms with Gasteiger partial charge < -0.3 is 23.7 Å². The standard InChI is InChI=1S/C19H32BN3O5/c1-17(2,3)26-16(24)22-10-9-13(11-22)23-12-14(15(21-23)25-8)20-27-18(4,5)19(6,7)28-20/h12-13H,9-11H2,1-8H3/t13-/m0/s1. The molecule has 0 bridgehead atoms. The van der Waals surface area contributed by atoms with Gasteiger partial charge in [-0.15, -0.1) is 5.10 Å². The molecule has 0 aliphatic carbocycles. The molecule has 0 radical (unpaired) electrons. The highest BCUT2D eigenvalue weighted by Crippen LogP contribution is 2.37. The van der Waals surface area contributed by atoms with Crippen LogP contribution in [-0.2, 0) is 14.0 Å². The van der Waals surface area contributed by atoms with Gasteiger partial charge in [-0.25, -0.2) is 4.79 Å². The van der Waals surface area contributed by atoms with Crippen molar-refractivity contribution in [2.75, 3.05) is 20.2 Å². The van der Waals surface area contributed by atoms with E-state index in [1.807, 2.05) is 59.3 Å². The molecule has 0 spiro atoms. The summed E-state index contributed by atoms with van der Waals surface area (Å²) in [6, 6.07) is 0.0533. The van der Waals surface area contributed by atoms with Crippen LogP contribution in [0.3, 0.4) is 0 Å². The third kappa shape index (κ3) is 4.01. The van der Waals surface area contributed by atoms with E-state index in [0.717, 1.165) is 11.9 Å². The molecule has 2 aliphatic rings. The van der Waals surface area contributed by atoms with Crippen molar-refractivity contribution in [3.63, 3.8) is 0 Å². The average molecular weight is 393 g/mol. The number of methoxy groups -OCH3 is 1. The Balaban J connectivity index is 1.74. The van der Waals surface area contributed by atoms with Crippen molar-refractivity contribution in [3.8, 4) is 5.88 Å². The van der Waals surface area contributed by atoms with E-state index in [1.165, 1.54) is 0 Å². The zero-order chi connectivity index (χ0) is 20.9. The summed E-state index contributed by atoms with van der Waals surface area (Å²) >= 11 is 0. The van der Waals surface area contributed by atoms with Gasteiger partial charge in [0.1, 0.15) is 5.60 Å². The summed E-state index contributed by atoms with van der Waals surface area (Å²) in [6.45, 7) is 14.8. The second kappa shape index (κ2) is 6.95. The summed E-state index contributed by atoms with van der Waals surface area (Å²) in [5, 5.41) is 4.57. The SMILES string of the molecule is COc1nn([C@H]2CCN(C(=O)OC(C)(C)C)C2)cc1B1OC(C)(C)C(C)(C)O1. The van der Waals surface area contributed by atoms with Gasteiger partial charge in [0.05, 0.1) is 29.8 Å². The maximum absolute atomic E-state index is 12.3. The van der Waals surface area contributed by atoms with Crippen LogP contribution in [0.2, 0.25) is 0 Å². The highest BCUT2D eigenvalue weighted by molar-refractivity contribution is 6.63. The molecular weight excluding hydrogens is 361 g/mol. The van der Waals surface area contributed by atoms with E-state index in [-0.39, 0.29) is 12.1 Å². The van der Waals surface area contributed by atoms with Gasteiger partial charge >= 0.3 is 13.2 Å². The highest BCUT2D eigenvalue weighted by atomic mass is 16.7. The van der Waals surface area contributed by atoms with Crippen LogP contribution < -0.4 is 10.2 Å². The molecule has 0 unspecified atom stereocenters. The summed E-state index contributed by atoms with van der Waals surface area (Å²) in [5.74, 6) is 0.481. The van der Waals surface area contributed by atoms with Crippen LogP contribution in [0.25, 0.3) is 0 Å². The first-order valence-corrected chi connectivity index (χ1v) is 9.79. The third-order valence-electron chi connectivity index (χ3n) is 5.61. The number of amides is 1. The molecule has 9 heteroatoms. The highest BCUT2D eigenvalue weighted by Gasteiger charge is 2.53. The predicted molar refractivity (Wildman–Crippen MR) is 106 cm³/mol. The molecule has 1 amide bonds. The molecule has 3 heterocycles. The van der Waals surface area contributed by atoms with E-state index < -0.39 is 23.9 Å². The number of likely N-dealkylation sites (tertiary alicyclic amines) is 1. The first-order valence-electron chi connectivity index (χ1n) is 9.79. The number of aromatic nitrogens is 2. The number of ether oxygens (including phenoxy) is 2. The molecule has 0 N–H and O–H groups in total. The summed E-state index contributed by atoms with van der Waals surface area (Å²) in [4.78, 5) is 14.0. The van der Waals surface area contributed by atoms with E-state index in [1.54, 1.807) is 12.0 Å². The lowest BCUT2D eigenvalue weighted by atomic mass is 9.81. The second-order valence-electron chi connectivity index (χ2n) is 9.53. The Hall–Kier alpha value is -1.74. The molecule has 2 aliphatic heterocycles. The minimum absolute atomic E-state index is 0.0533. The summed E-state index contributed by atoms with van der Waals surface area (Å²) in [7, 11) is 1.04. The van der Waals surface area contributed by atoms with Crippen molar-refractivity contribution in [2.45, 2.75) is 77.7 Å². The fraction of sp³-hybridized carbons (Fsp3) is 0.789. The molecule has 3 rings (SSSR count). The van der Waals surface area contributed by atoms with E-state index >= 15 is 0 Å². The van der Waals surface area contributed by atoms with Crippen molar-refractivity contribution in [1.82, 2.24) is 14.7 Å². The minimum Gasteiger partial charge on any atom is -0.480 e. The molecule has 0 aromatic carbocycles. The van der Waals surface area contributed by atoms with Crippen molar-refractivity contribution in [2.24, 2.45) is 0 Å². The lowest BCUT2D eigenvalue weighted by Crippen LogP contribution is -2.41. The maximum atomic E-state index is 12.3.